The van der Waals surface area contributed by atoms with Crippen LogP contribution in [0, 0.1) is 0 Å². The Bertz CT molecular complexity index is 950. The van der Waals surface area contributed by atoms with Crippen LogP contribution in [-0.2, 0) is 0 Å². The van der Waals surface area contributed by atoms with Crippen molar-refractivity contribution in [3.8, 4) is 22.4 Å². The van der Waals surface area contributed by atoms with Gasteiger partial charge < -0.3 is 15.0 Å². The van der Waals surface area contributed by atoms with Gasteiger partial charge in [0, 0.05) is 23.7 Å². The molecule has 5 heteroatoms. The second-order valence-electron chi connectivity index (χ2n) is 6.41. The van der Waals surface area contributed by atoms with E-state index in [0.717, 1.165) is 22.4 Å². The number of aliphatic hydroxyl groups is 1. The zero-order valence-corrected chi connectivity index (χ0v) is 14.9. The number of nitrogens with one attached hydrogen (secondary N) is 1. The predicted octanol–water partition coefficient (Wildman–Crippen LogP) is 4.14. The number of carbonyl (C=O) groups excluding carboxylic acids is 1. The molecule has 1 aliphatic rings. The second-order valence-corrected chi connectivity index (χ2v) is 6.85. The van der Waals surface area contributed by atoms with Gasteiger partial charge >= 0.3 is 0 Å². The summed E-state index contributed by atoms with van der Waals surface area (Å²) < 4.78 is 2.07. The average Bonchev–Trinajstić information content (AvgIpc) is 3.07. The first kappa shape index (κ1) is 16.9. The maximum atomic E-state index is 12.5. The third kappa shape index (κ3) is 2.91. The van der Waals surface area contributed by atoms with Crippen molar-refractivity contribution < 1.29 is 9.90 Å². The highest BCUT2D eigenvalue weighted by atomic mass is 35.5. The van der Waals surface area contributed by atoms with Crippen LogP contribution in [0.25, 0.3) is 22.4 Å². The summed E-state index contributed by atoms with van der Waals surface area (Å²) in [4.78, 5) is 12.5. The van der Waals surface area contributed by atoms with Crippen molar-refractivity contribution in [2.24, 2.45) is 0 Å². The van der Waals surface area contributed by atoms with Gasteiger partial charge in [-0.15, -0.1) is 0 Å². The fourth-order valence-electron chi connectivity index (χ4n) is 3.62. The van der Waals surface area contributed by atoms with Crippen LogP contribution in [0.15, 0.2) is 60.7 Å². The third-order valence-corrected chi connectivity index (χ3v) is 5.01. The molecule has 1 amide bonds. The fourth-order valence-corrected chi connectivity index (χ4v) is 3.81. The first-order chi connectivity index (χ1) is 12.7. The number of fused-ring (bicyclic) bond motifs is 1. The summed E-state index contributed by atoms with van der Waals surface area (Å²) in [5.74, 6) is -0.0929. The Morgan fingerprint density at radius 1 is 1.08 bits per heavy atom. The minimum Gasteiger partial charge on any atom is -0.396 e. The number of hydrogen-bond donors (Lipinski definition) is 2. The van der Waals surface area contributed by atoms with E-state index in [-0.39, 0.29) is 18.6 Å². The first-order valence-corrected chi connectivity index (χ1v) is 9.02. The number of nitrogens with zero attached hydrogens (tertiary/aromatic N) is 1. The molecule has 4 rings (SSSR count). The molecule has 2 N–H and O–H groups in total. The zero-order valence-electron chi connectivity index (χ0n) is 14.2. The van der Waals surface area contributed by atoms with Crippen LogP contribution in [0.3, 0.4) is 0 Å². The summed E-state index contributed by atoms with van der Waals surface area (Å²) >= 11 is 6.21. The molecule has 0 saturated heterocycles. The molecule has 1 aliphatic heterocycles. The van der Waals surface area contributed by atoms with Gasteiger partial charge in [0.05, 0.1) is 11.7 Å². The molecular weight excluding hydrogens is 348 g/mol. The van der Waals surface area contributed by atoms with Crippen molar-refractivity contribution in [3.63, 3.8) is 0 Å². The number of rotatable bonds is 4. The SMILES string of the molecule is O=C1NCC(CCO)n2c1cc(-c1cccc(Cl)c1)c2-c1ccccc1. The lowest BCUT2D eigenvalue weighted by atomic mass is 10.0. The number of benzene rings is 2. The van der Waals surface area contributed by atoms with E-state index < -0.39 is 0 Å². The highest BCUT2D eigenvalue weighted by molar-refractivity contribution is 6.30. The monoisotopic (exact) mass is 366 g/mol. The van der Waals surface area contributed by atoms with Gasteiger partial charge in [-0.05, 0) is 35.7 Å². The van der Waals surface area contributed by atoms with E-state index in [4.69, 9.17) is 11.6 Å². The largest absolute Gasteiger partial charge is 0.396 e. The molecule has 1 unspecified atom stereocenters. The maximum absolute atomic E-state index is 12.5. The highest BCUT2D eigenvalue weighted by Crippen LogP contribution is 2.39. The molecule has 0 radical (unpaired) electrons. The third-order valence-electron chi connectivity index (χ3n) is 4.78. The van der Waals surface area contributed by atoms with Gasteiger partial charge in [-0.3, -0.25) is 4.79 Å². The van der Waals surface area contributed by atoms with E-state index in [1.807, 2.05) is 60.7 Å². The Morgan fingerprint density at radius 2 is 1.85 bits per heavy atom. The molecule has 0 saturated carbocycles. The summed E-state index contributed by atoms with van der Waals surface area (Å²) in [5.41, 5.74) is 4.56. The molecule has 1 aromatic heterocycles. The van der Waals surface area contributed by atoms with Crippen molar-refractivity contribution in [1.29, 1.82) is 0 Å². The van der Waals surface area contributed by atoms with Gasteiger partial charge in [-0.1, -0.05) is 54.1 Å². The van der Waals surface area contributed by atoms with Crippen LogP contribution in [0.5, 0.6) is 0 Å². The standard InChI is InChI=1S/C21H19ClN2O2/c22-16-8-4-7-15(11-16)18-12-19-21(26)23-13-17(9-10-25)24(19)20(18)14-5-2-1-3-6-14/h1-8,11-12,17,25H,9-10,13H2,(H,23,26). The van der Waals surface area contributed by atoms with E-state index in [1.54, 1.807) is 0 Å². The van der Waals surface area contributed by atoms with Crippen molar-refractivity contribution in [2.75, 3.05) is 13.2 Å². The first-order valence-electron chi connectivity index (χ1n) is 8.64. The molecule has 3 aromatic rings. The highest BCUT2D eigenvalue weighted by Gasteiger charge is 2.30. The number of hydrogen-bond acceptors (Lipinski definition) is 2. The molecule has 132 valence electrons. The Morgan fingerprint density at radius 3 is 2.58 bits per heavy atom. The Hall–Kier alpha value is -2.56. The lowest BCUT2D eigenvalue weighted by Crippen LogP contribution is -2.39. The van der Waals surface area contributed by atoms with E-state index in [2.05, 4.69) is 9.88 Å². The number of halogens is 1. The van der Waals surface area contributed by atoms with Crippen molar-refractivity contribution in [3.05, 3.63) is 71.4 Å². The summed E-state index contributed by atoms with van der Waals surface area (Å²) in [5, 5.41) is 13.1. The van der Waals surface area contributed by atoms with Crippen LogP contribution in [0.1, 0.15) is 23.0 Å². The molecule has 4 nitrogen and oxygen atoms in total. The number of carbonyl (C=O) groups is 1. The number of aromatic nitrogens is 1. The predicted molar refractivity (Wildman–Crippen MR) is 103 cm³/mol. The normalized spacial score (nSPS) is 16.2. The van der Waals surface area contributed by atoms with Crippen LogP contribution in [0.2, 0.25) is 5.02 Å². The van der Waals surface area contributed by atoms with Crippen LogP contribution >= 0.6 is 11.6 Å². The van der Waals surface area contributed by atoms with Gasteiger partial charge in [0.2, 0.25) is 0 Å². The van der Waals surface area contributed by atoms with Crippen LogP contribution in [-0.4, -0.2) is 28.7 Å². The van der Waals surface area contributed by atoms with Crippen LogP contribution in [0.4, 0.5) is 0 Å². The molecule has 0 spiro atoms. The van der Waals surface area contributed by atoms with Gasteiger partial charge in [0.15, 0.2) is 0 Å². The topological polar surface area (TPSA) is 54.3 Å². The Labute approximate surface area is 157 Å². The van der Waals surface area contributed by atoms with Gasteiger partial charge in [0.1, 0.15) is 5.69 Å². The molecule has 26 heavy (non-hydrogen) atoms. The fraction of sp³-hybridized carbons (Fsp3) is 0.190. The molecule has 2 aromatic carbocycles. The second kappa shape index (κ2) is 6.98. The summed E-state index contributed by atoms with van der Waals surface area (Å²) in [6.45, 7) is 0.578. The van der Waals surface area contributed by atoms with E-state index in [9.17, 15) is 9.90 Å². The minimum atomic E-state index is -0.0929. The lowest BCUT2D eigenvalue weighted by Gasteiger charge is -2.28. The number of aliphatic hydroxyl groups excluding tert-OH is 1. The van der Waals surface area contributed by atoms with Gasteiger partial charge in [-0.25, -0.2) is 0 Å². The van der Waals surface area contributed by atoms with Crippen LogP contribution < -0.4 is 5.32 Å². The Kier molecular flexibility index (Phi) is 4.53. The van der Waals surface area contributed by atoms with Crippen molar-refractivity contribution >= 4 is 17.5 Å². The summed E-state index contributed by atoms with van der Waals surface area (Å²) in [6.07, 6.45) is 0.580. The van der Waals surface area contributed by atoms with Gasteiger partial charge in [0.25, 0.3) is 5.91 Å². The molecule has 1 atom stereocenters. The lowest BCUT2D eigenvalue weighted by molar-refractivity contribution is 0.0908. The summed E-state index contributed by atoms with van der Waals surface area (Å²) in [7, 11) is 0. The number of amides is 1. The molecule has 0 fully saturated rings. The van der Waals surface area contributed by atoms with E-state index in [1.165, 1.54) is 0 Å². The maximum Gasteiger partial charge on any atom is 0.268 e. The van der Waals surface area contributed by atoms with Crippen molar-refractivity contribution in [1.82, 2.24) is 9.88 Å². The molecular formula is C21H19ClN2O2. The quantitative estimate of drug-likeness (QED) is 0.729. The summed E-state index contributed by atoms with van der Waals surface area (Å²) in [6, 6.07) is 19.6. The smallest absolute Gasteiger partial charge is 0.268 e. The van der Waals surface area contributed by atoms with E-state index >= 15 is 0 Å². The Balaban J connectivity index is 2.00. The molecule has 0 bridgehead atoms. The minimum absolute atomic E-state index is 0.0100. The van der Waals surface area contributed by atoms with E-state index in [0.29, 0.717) is 23.7 Å². The zero-order chi connectivity index (χ0) is 18.1. The van der Waals surface area contributed by atoms with Gasteiger partial charge in [-0.2, -0.15) is 0 Å². The average molecular weight is 367 g/mol. The molecule has 2 heterocycles. The van der Waals surface area contributed by atoms with Crippen molar-refractivity contribution in [2.45, 2.75) is 12.5 Å². The molecule has 0 aliphatic carbocycles.